The van der Waals surface area contributed by atoms with Crippen molar-refractivity contribution in [1.82, 2.24) is 0 Å². The van der Waals surface area contributed by atoms with Crippen molar-refractivity contribution in [2.45, 2.75) is 27.7 Å². The van der Waals surface area contributed by atoms with Crippen molar-refractivity contribution in [2.24, 2.45) is 16.7 Å². The molecule has 0 radical (unpaired) electrons. The lowest BCUT2D eigenvalue weighted by Crippen LogP contribution is -2.27. The Labute approximate surface area is 61.2 Å². The van der Waals surface area contributed by atoms with E-state index in [9.17, 15) is 9.90 Å². The molecule has 10 heavy (non-hydrogen) atoms. The summed E-state index contributed by atoms with van der Waals surface area (Å²) in [5.41, 5.74) is -0.155. The molecule has 2 nitrogen and oxygen atoms in total. The average Bonchev–Trinajstić information content (AvgIpc) is 1.97. The third-order valence-electron chi connectivity index (χ3n) is 3.26. The molecular weight excluding hydrogens is 128 g/mol. The molecule has 1 aliphatic carbocycles. The van der Waals surface area contributed by atoms with Crippen LogP contribution < -0.4 is 5.11 Å². The molecule has 0 amide bonds. The molecular formula is C8H13O2-. The highest BCUT2D eigenvalue weighted by molar-refractivity contribution is 5.74. The molecule has 1 rings (SSSR count). The van der Waals surface area contributed by atoms with Crippen LogP contribution in [0.5, 0.6) is 0 Å². The molecule has 0 aromatic heterocycles. The van der Waals surface area contributed by atoms with Gasteiger partial charge in [-0.25, -0.2) is 0 Å². The number of aliphatic carboxylic acids is 1. The molecule has 58 valence electrons. The Kier molecular flexibility index (Phi) is 1.17. The lowest BCUT2D eigenvalue weighted by Gasteiger charge is -2.03. The quantitative estimate of drug-likeness (QED) is 0.531. The first-order valence-electron chi connectivity index (χ1n) is 3.52. The summed E-state index contributed by atoms with van der Waals surface area (Å²) in [6, 6.07) is 0. The Morgan fingerprint density at radius 3 is 1.50 bits per heavy atom. The maximum Gasteiger partial charge on any atom is 0.0456 e. The Bertz CT molecular complexity index is 166. The van der Waals surface area contributed by atoms with Crippen LogP contribution in [-0.4, -0.2) is 5.97 Å². The fourth-order valence-corrected chi connectivity index (χ4v) is 1.79. The Hall–Kier alpha value is -0.530. The van der Waals surface area contributed by atoms with Crippen LogP contribution in [0, 0.1) is 16.7 Å². The predicted molar refractivity (Wildman–Crippen MR) is 36.1 cm³/mol. The van der Waals surface area contributed by atoms with Crippen molar-refractivity contribution in [3.63, 3.8) is 0 Å². The third-order valence-corrected chi connectivity index (χ3v) is 3.26. The normalized spacial score (nSPS) is 28.0. The lowest BCUT2D eigenvalue weighted by atomic mass is 10.0. The van der Waals surface area contributed by atoms with Crippen LogP contribution in [-0.2, 0) is 4.79 Å². The number of rotatable bonds is 1. The summed E-state index contributed by atoms with van der Waals surface area (Å²) in [5.74, 6) is -1.17. The summed E-state index contributed by atoms with van der Waals surface area (Å²) in [4.78, 5) is 10.5. The summed E-state index contributed by atoms with van der Waals surface area (Å²) in [7, 11) is 0. The summed E-state index contributed by atoms with van der Waals surface area (Å²) >= 11 is 0. The first-order chi connectivity index (χ1) is 4.32. The van der Waals surface area contributed by atoms with Gasteiger partial charge in [-0.1, -0.05) is 27.7 Å². The highest BCUT2D eigenvalue weighted by atomic mass is 16.4. The smallest absolute Gasteiger partial charge is 0.0456 e. The second-order valence-corrected chi connectivity index (χ2v) is 4.20. The summed E-state index contributed by atoms with van der Waals surface area (Å²) in [5, 5.41) is 10.5. The fraction of sp³-hybridized carbons (Fsp3) is 0.875. The van der Waals surface area contributed by atoms with Gasteiger partial charge < -0.3 is 9.90 Å². The molecule has 0 atom stereocenters. The van der Waals surface area contributed by atoms with Gasteiger partial charge in [-0.2, -0.15) is 0 Å². The molecule has 0 aromatic rings. The first-order valence-corrected chi connectivity index (χ1v) is 3.52. The van der Waals surface area contributed by atoms with Crippen molar-refractivity contribution in [1.29, 1.82) is 0 Å². The molecule has 0 aromatic carbocycles. The molecule has 0 bridgehead atoms. The largest absolute Gasteiger partial charge is 0.550 e. The van der Waals surface area contributed by atoms with Crippen molar-refractivity contribution in [3.8, 4) is 0 Å². The zero-order chi connectivity index (χ0) is 8.15. The molecule has 1 fully saturated rings. The van der Waals surface area contributed by atoms with E-state index in [1.54, 1.807) is 0 Å². The van der Waals surface area contributed by atoms with Crippen LogP contribution in [0.4, 0.5) is 0 Å². The van der Waals surface area contributed by atoms with Gasteiger partial charge >= 0.3 is 0 Å². The monoisotopic (exact) mass is 141 g/mol. The third kappa shape index (κ3) is 0.619. The van der Waals surface area contributed by atoms with E-state index in [1.807, 2.05) is 27.7 Å². The standard InChI is InChI=1S/C8H14O2/c1-7(2)5(6(9)10)8(7,3)4/h5H,1-4H3,(H,9,10)/p-1. The van der Waals surface area contributed by atoms with E-state index >= 15 is 0 Å². The Morgan fingerprint density at radius 2 is 1.50 bits per heavy atom. The van der Waals surface area contributed by atoms with Gasteiger partial charge in [-0.05, 0) is 10.8 Å². The van der Waals surface area contributed by atoms with E-state index in [4.69, 9.17) is 0 Å². The maximum atomic E-state index is 10.5. The van der Waals surface area contributed by atoms with Crippen LogP contribution >= 0.6 is 0 Å². The van der Waals surface area contributed by atoms with Crippen LogP contribution in [0.25, 0.3) is 0 Å². The van der Waals surface area contributed by atoms with E-state index in [0.717, 1.165) is 0 Å². The molecule has 0 aliphatic heterocycles. The molecule has 2 heteroatoms. The number of hydrogen-bond donors (Lipinski definition) is 0. The Balaban J connectivity index is 2.81. The van der Waals surface area contributed by atoms with Gasteiger partial charge in [0.25, 0.3) is 0 Å². The first kappa shape index (κ1) is 7.58. The van der Waals surface area contributed by atoms with E-state index in [0.29, 0.717) is 0 Å². The molecule has 0 unspecified atom stereocenters. The fourth-order valence-electron chi connectivity index (χ4n) is 1.79. The number of carbonyl (C=O) groups is 1. The van der Waals surface area contributed by atoms with Gasteiger partial charge in [0.2, 0.25) is 0 Å². The molecule has 1 saturated carbocycles. The lowest BCUT2D eigenvalue weighted by molar-refractivity contribution is -0.309. The van der Waals surface area contributed by atoms with Crippen LogP contribution in [0.15, 0.2) is 0 Å². The van der Waals surface area contributed by atoms with Gasteiger partial charge in [0.05, 0.1) is 0 Å². The van der Waals surface area contributed by atoms with Gasteiger partial charge in [-0.3, -0.25) is 0 Å². The van der Waals surface area contributed by atoms with Gasteiger partial charge in [0.15, 0.2) is 0 Å². The van der Waals surface area contributed by atoms with E-state index < -0.39 is 5.97 Å². The van der Waals surface area contributed by atoms with Gasteiger partial charge in [-0.15, -0.1) is 0 Å². The van der Waals surface area contributed by atoms with E-state index in [2.05, 4.69) is 0 Å². The molecule has 0 saturated heterocycles. The summed E-state index contributed by atoms with van der Waals surface area (Å²) in [6.45, 7) is 7.86. The minimum Gasteiger partial charge on any atom is -0.550 e. The predicted octanol–water partition coefficient (Wildman–Crippen LogP) is 0.418. The number of carboxylic acids is 1. The summed E-state index contributed by atoms with van der Waals surface area (Å²) in [6.07, 6.45) is 0. The second-order valence-electron chi connectivity index (χ2n) is 4.20. The topological polar surface area (TPSA) is 40.1 Å². The maximum absolute atomic E-state index is 10.5. The highest BCUT2D eigenvalue weighted by Gasteiger charge is 2.65. The van der Waals surface area contributed by atoms with Crippen molar-refractivity contribution < 1.29 is 9.90 Å². The van der Waals surface area contributed by atoms with Crippen molar-refractivity contribution >= 4 is 5.97 Å². The molecule has 0 spiro atoms. The van der Waals surface area contributed by atoms with Crippen LogP contribution in [0.1, 0.15) is 27.7 Å². The summed E-state index contributed by atoms with van der Waals surface area (Å²) < 4.78 is 0. The van der Waals surface area contributed by atoms with Gasteiger partial charge in [0, 0.05) is 11.9 Å². The highest BCUT2D eigenvalue weighted by Crippen LogP contribution is 2.67. The van der Waals surface area contributed by atoms with Gasteiger partial charge in [0.1, 0.15) is 0 Å². The molecule has 1 aliphatic rings. The van der Waals surface area contributed by atoms with Crippen LogP contribution in [0.3, 0.4) is 0 Å². The zero-order valence-corrected chi connectivity index (χ0v) is 6.89. The minimum atomic E-state index is -0.907. The van der Waals surface area contributed by atoms with E-state index in [-0.39, 0.29) is 16.7 Å². The number of hydrogen-bond acceptors (Lipinski definition) is 2. The zero-order valence-electron chi connectivity index (χ0n) is 6.89. The molecule has 0 heterocycles. The average molecular weight is 141 g/mol. The van der Waals surface area contributed by atoms with Crippen LogP contribution in [0.2, 0.25) is 0 Å². The van der Waals surface area contributed by atoms with Crippen molar-refractivity contribution in [2.75, 3.05) is 0 Å². The number of carbonyl (C=O) groups excluding carboxylic acids is 1. The van der Waals surface area contributed by atoms with E-state index in [1.165, 1.54) is 0 Å². The Morgan fingerprint density at radius 1 is 1.20 bits per heavy atom. The molecule has 0 N–H and O–H groups in total. The van der Waals surface area contributed by atoms with Crippen molar-refractivity contribution in [3.05, 3.63) is 0 Å². The number of carboxylic acid groups (broad SMARTS) is 1. The SMILES string of the molecule is CC1(C)C(C(=O)[O-])C1(C)C. The minimum absolute atomic E-state index is 0.0775. The second kappa shape index (κ2) is 1.55.